The van der Waals surface area contributed by atoms with Gasteiger partial charge < -0.3 is 37.0 Å². The van der Waals surface area contributed by atoms with E-state index in [1.165, 1.54) is 149 Å². The number of hydrogen-bond donors (Lipinski definition) is 1. The fraction of sp³-hybridized carbons (Fsp3) is 0.141. The zero-order valence-electron chi connectivity index (χ0n) is 50.2. The Morgan fingerprint density at radius 3 is 1.14 bits per heavy atom. The first-order valence-electron chi connectivity index (χ1n) is 26.6. The van der Waals surface area contributed by atoms with Crippen LogP contribution >= 0.6 is 84.9 Å². The van der Waals surface area contributed by atoms with Crippen LogP contribution in [-0.2, 0) is 9.47 Å². The van der Waals surface area contributed by atoms with Gasteiger partial charge in [0.2, 0.25) is 0 Å². The molecule has 10 rings (SSSR count). The number of terminal acetylenes is 1. The summed E-state index contributed by atoms with van der Waals surface area (Å²) in [5.41, 5.74) is 1.83. The molecule has 0 aliphatic rings. The minimum atomic E-state index is -1.23. The van der Waals surface area contributed by atoms with Gasteiger partial charge >= 0.3 is 36.8 Å². The van der Waals surface area contributed by atoms with E-state index in [1.807, 2.05) is 29.5 Å². The molecule has 0 spiro atoms. The fourth-order valence-corrected chi connectivity index (χ4v) is 8.85. The molecule has 0 atom stereocenters. The summed E-state index contributed by atoms with van der Waals surface area (Å²) in [6.07, 6.45) is 9.25. The Balaban J connectivity index is -0.00000119. The van der Waals surface area contributed by atoms with E-state index in [0.717, 1.165) is 11.5 Å². The number of aromatic carboxylic acids is 1. The van der Waals surface area contributed by atoms with Gasteiger partial charge in [0, 0.05) is 45.0 Å². The number of aromatic nitrogens is 6. The molecule has 29 heteroatoms. The second-order valence-electron chi connectivity index (χ2n) is 17.5. The van der Waals surface area contributed by atoms with Gasteiger partial charge in [-0.05, 0) is 147 Å². The summed E-state index contributed by atoms with van der Waals surface area (Å²) in [6.45, 7) is 5.93. The smallest absolute Gasteiger partial charge is 1.00 e. The van der Waals surface area contributed by atoms with Gasteiger partial charge in [-0.2, -0.15) is 0 Å². The Hall–Kier alpha value is -8.15. The molecule has 3 aromatic heterocycles. The Morgan fingerprint density at radius 1 is 0.520 bits per heavy atom. The molecule has 10 aromatic rings. The van der Waals surface area contributed by atoms with Crippen molar-refractivity contribution >= 4 is 109 Å². The first kappa shape index (κ1) is 96.0. The second-order valence-corrected chi connectivity index (χ2v) is 21.2. The molecule has 524 valence electrons. The Morgan fingerprint density at radius 2 is 0.830 bits per heavy atom. The van der Waals surface area contributed by atoms with E-state index < -0.39 is 52.8 Å². The largest absolute Gasteiger partial charge is 1.00 e. The van der Waals surface area contributed by atoms with Crippen LogP contribution < -0.4 is 35.8 Å². The summed E-state index contributed by atoms with van der Waals surface area (Å²) >= 11 is 28.1. The van der Waals surface area contributed by atoms with Crippen LogP contribution in [0.3, 0.4) is 0 Å². The molecule has 7 aromatic carbocycles. The van der Waals surface area contributed by atoms with Crippen LogP contribution in [0.4, 0.5) is 30.7 Å². The maximum Gasteiger partial charge on any atom is 1.00 e. The van der Waals surface area contributed by atoms with Gasteiger partial charge in [-0.25, -0.2) is 60.1 Å². The van der Waals surface area contributed by atoms with Crippen LogP contribution in [-0.4, -0.2) is 82.0 Å². The van der Waals surface area contributed by atoms with Gasteiger partial charge in [-0.15, -0.1) is 6.42 Å². The van der Waals surface area contributed by atoms with Crippen molar-refractivity contribution in [3.63, 3.8) is 0 Å². The average molecular weight is 1700 g/mol. The second kappa shape index (κ2) is 48.6. The van der Waals surface area contributed by atoms with Gasteiger partial charge in [0.1, 0.15) is 40.7 Å². The van der Waals surface area contributed by atoms with Crippen molar-refractivity contribution in [2.75, 3.05) is 18.5 Å². The number of carboxylic acids is 1. The number of ether oxygens (including phenoxy) is 2. The maximum atomic E-state index is 13.9. The summed E-state index contributed by atoms with van der Waals surface area (Å²) in [7, 11) is 0. The minimum Gasteiger partial charge on any atom is -1.00 e. The Labute approximate surface area is 640 Å². The number of esters is 2. The number of halogens is 14. The number of alkyl halides is 1. The number of imidazole rings is 3. The van der Waals surface area contributed by atoms with Gasteiger partial charge in [-0.3, -0.25) is 18.5 Å². The fourth-order valence-electron chi connectivity index (χ4n) is 7.33. The predicted molar refractivity (Wildman–Crippen MR) is 381 cm³/mol. The van der Waals surface area contributed by atoms with Crippen molar-refractivity contribution in [2.45, 2.75) is 50.5 Å². The monoisotopic (exact) mass is 1690 g/mol. The zero-order valence-corrected chi connectivity index (χ0v) is 58.5. The molecular formula is C71H62Br2Cl4F7ILiN6O8-. The first-order valence-corrected chi connectivity index (χ1v) is 30.3. The molecule has 0 bridgehead atoms. The summed E-state index contributed by atoms with van der Waals surface area (Å²) in [6, 6.07) is 33.3. The molecule has 0 aliphatic carbocycles. The van der Waals surface area contributed by atoms with Crippen molar-refractivity contribution < 1.29 is 106 Å². The topological polar surface area (TPSA) is 190 Å². The van der Waals surface area contributed by atoms with Crippen molar-refractivity contribution in [2.24, 2.45) is 0 Å². The van der Waals surface area contributed by atoms with Crippen molar-refractivity contribution in [1.82, 2.24) is 28.7 Å². The van der Waals surface area contributed by atoms with Crippen LogP contribution in [0.15, 0.2) is 164 Å². The van der Waals surface area contributed by atoms with E-state index in [4.69, 9.17) is 62.3 Å². The Kier molecular flexibility index (Phi) is 46.7. The number of nitrogens with zero attached hydrogens (tertiary/aromatic N) is 6. The zero-order chi connectivity index (χ0) is 68.3. The maximum absolute atomic E-state index is 13.9. The Bertz CT molecular complexity index is 4370. The third kappa shape index (κ3) is 27.4. The van der Waals surface area contributed by atoms with Crippen LogP contribution in [0, 0.1) is 80.6 Å². The molecule has 3 heterocycles. The molecule has 14 nitrogen and oxygen atoms in total. The van der Waals surface area contributed by atoms with E-state index in [1.54, 1.807) is 36.6 Å². The van der Waals surface area contributed by atoms with Crippen LogP contribution in [0.1, 0.15) is 121 Å². The van der Waals surface area contributed by atoms with E-state index in [-0.39, 0.29) is 149 Å². The summed E-state index contributed by atoms with van der Waals surface area (Å²) in [5.74, 6) is 7.21. The van der Waals surface area contributed by atoms with Gasteiger partial charge in [-0.1, -0.05) is 141 Å². The molecule has 0 saturated carbocycles. The van der Waals surface area contributed by atoms with E-state index in [0.29, 0.717) is 39.5 Å². The van der Waals surface area contributed by atoms with E-state index in [2.05, 4.69) is 60.5 Å². The SMILES string of the molecule is C.C.C.C.C#Cc1c(F)cccc1Cl.CCBr.CCOC(=O)c1cnc(C#Cc2c(F)cccc2Cl)n1-c1ccc(F)cc1.CCOC(=O)c1cnc(I)n1-c1ccc(F)cc1.O=C(O)c1cnc(C#Cc2c(F)cccc2Cl)n1-c1ccc(F)cc1.O=Cc1c(F)cccc1Cl.[Br-].[Li+].[OH-]. The van der Waals surface area contributed by atoms with Crippen molar-refractivity contribution in [1.29, 1.82) is 0 Å². The number of rotatable bonds is 9. The van der Waals surface area contributed by atoms with Crippen LogP contribution in [0.5, 0.6) is 0 Å². The van der Waals surface area contributed by atoms with E-state index in [9.17, 15) is 55.0 Å². The summed E-state index contributed by atoms with van der Waals surface area (Å²) in [5, 5.41) is 11.1. The molecule has 0 aliphatic heterocycles. The number of benzene rings is 7. The molecule has 2 N–H and O–H groups in total. The number of aldehydes is 1. The molecule has 0 saturated heterocycles. The number of carbonyl (C=O) groups is 4. The molecule has 100 heavy (non-hydrogen) atoms. The summed E-state index contributed by atoms with van der Waals surface area (Å²) < 4.78 is 107. The number of carboxylic acid groups (broad SMARTS) is 1. The van der Waals surface area contributed by atoms with Crippen LogP contribution in [0.25, 0.3) is 17.1 Å². The molecular weight excluding hydrogens is 1630 g/mol. The third-order valence-corrected chi connectivity index (χ3v) is 13.5. The average Bonchev–Trinajstić information content (AvgIpc) is 1.66. The van der Waals surface area contributed by atoms with Crippen molar-refractivity contribution in [3.05, 3.63) is 280 Å². The van der Waals surface area contributed by atoms with E-state index >= 15 is 0 Å². The minimum absolute atomic E-state index is 0. The number of carbonyl (C=O) groups excluding carboxylic acids is 3. The molecule has 0 radical (unpaired) electrons. The normalized spacial score (nSPS) is 9.19. The quantitative estimate of drug-likeness (QED) is 0.0275. The molecule has 0 amide bonds. The molecule has 0 unspecified atom stereocenters. The predicted octanol–water partition coefficient (Wildman–Crippen LogP) is 13.6. The number of hydrogen-bond acceptors (Lipinski definition) is 10. The molecule has 0 fully saturated rings. The first-order chi connectivity index (χ1) is 44.5. The van der Waals surface area contributed by atoms with Crippen LogP contribution in [0.2, 0.25) is 20.1 Å². The third-order valence-electron chi connectivity index (χ3n) is 11.4. The standard InChI is InChI=1S/C20H13ClF2N2O2.C18H9ClF2N2O2.C12H10FIN2O2.C8H4ClF.C7H4ClFO.C2H5Br.4CH4.BrH.Li.H2O/c1-2-27-20(26)18-12-24-19(25(18)14-8-6-13(22)7-9-14)11-10-15-16(21)4-3-5-17(15)23;19-14-2-1-3-15(21)13(14)8-9-17-22-10-16(18(24)25)23(17)12-6-4-11(20)5-7-12;1-2-18-11(17)10-7-15-12(14)16(10)9-5-3-8(13)4-6-9;1-2-6-7(9)4-3-5-8(6)10;8-6-2-1-3-7(9)5(6)4-10;1-2-3;;;;;;;/h3-9,12H,2H2,1H3;1-7,10H,(H,24,25);3-7H,2H2,1H3;1,3-5H;1-4H;2H2,1H3;4*1H4;1H;;1H2/q;;;;;;;;;;;+1;/p-2. The summed E-state index contributed by atoms with van der Waals surface area (Å²) in [4.78, 5) is 57.6. The van der Waals surface area contributed by atoms with Crippen molar-refractivity contribution in [3.8, 4) is 53.1 Å². The van der Waals surface area contributed by atoms with Gasteiger partial charge in [0.25, 0.3) is 0 Å². The van der Waals surface area contributed by atoms with Gasteiger partial charge in [0.15, 0.2) is 38.8 Å². The van der Waals surface area contributed by atoms with Gasteiger partial charge in [0.05, 0.1) is 74.1 Å².